The molecule has 144 valence electrons. The number of amides is 1. The highest BCUT2D eigenvalue weighted by molar-refractivity contribution is 5.91. The molecule has 0 unspecified atom stereocenters. The third-order valence-corrected chi connectivity index (χ3v) is 4.68. The zero-order chi connectivity index (χ0) is 20.1. The number of carbonyl (C=O) groups is 1. The van der Waals surface area contributed by atoms with Crippen LogP contribution in [-0.2, 0) is 17.8 Å². The molecule has 0 spiro atoms. The SMILES string of the molecule is O=C(/C=C/c1cccc(-c2nc3ccccc3n2CCc2cccnc2)c1)NO. The monoisotopic (exact) mass is 384 g/mol. The Kier molecular flexibility index (Phi) is 5.45. The van der Waals surface area contributed by atoms with E-state index in [0.29, 0.717) is 0 Å². The molecule has 0 bridgehead atoms. The van der Waals surface area contributed by atoms with Gasteiger partial charge in [-0.1, -0.05) is 36.4 Å². The van der Waals surface area contributed by atoms with Gasteiger partial charge in [0.2, 0.25) is 0 Å². The van der Waals surface area contributed by atoms with E-state index in [1.54, 1.807) is 17.8 Å². The van der Waals surface area contributed by atoms with Crippen LogP contribution in [0.25, 0.3) is 28.5 Å². The van der Waals surface area contributed by atoms with Crippen molar-refractivity contribution in [3.8, 4) is 11.4 Å². The topological polar surface area (TPSA) is 80.0 Å². The van der Waals surface area contributed by atoms with E-state index in [9.17, 15) is 4.79 Å². The summed E-state index contributed by atoms with van der Waals surface area (Å²) in [6.45, 7) is 0.772. The summed E-state index contributed by atoms with van der Waals surface area (Å²) >= 11 is 0. The fourth-order valence-corrected chi connectivity index (χ4v) is 3.30. The Bertz CT molecular complexity index is 1170. The maximum atomic E-state index is 11.3. The van der Waals surface area contributed by atoms with Gasteiger partial charge in [-0.25, -0.2) is 10.5 Å². The van der Waals surface area contributed by atoms with Crippen molar-refractivity contribution >= 4 is 23.0 Å². The highest BCUT2D eigenvalue weighted by Gasteiger charge is 2.12. The highest BCUT2D eigenvalue weighted by atomic mass is 16.5. The molecule has 1 amide bonds. The van der Waals surface area contributed by atoms with E-state index in [-0.39, 0.29) is 0 Å². The fourth-order valence-electron chi connectivity index (χ4n) is 3.30. The summed E-state index contributed by atoms with van der Waals surface area (Å²) in [5, 5.41) is 8.65. The van der Waals surface area contributed by atoms with Gasteiger partial charge in [0, 0.05) is 30.6 Å². The first-order chi connectivity index (χ1) is 14.2. The van der Waals surface area contributed by atoms with Gasteiger partial charge < -0.3 is 4.57 Å². The Balaban J connectivity index is 1.72. The van der Waals surface area contributed by atoms with Crippen molar-refractivity contribution in [2.45, 2.75) is 13.0 Å². The van der Waals surface area contributed by atoms with E-state index >= 15 is 0 Å². The lowest BCUT2D eigenvalue weighted by molar-refractivity contribution is -0.124. The van der Waals surface area contributed by atoms with E-state index in [2.05, 4.69) is 21.7 Å². The zero-order valence-corrected chi connectivity index (χ0v) is 15.7. The van der Waals surface area contributed by atoms with E-state index < -0.39 is 5.91 Å². The number of nitrogens with one attached hydrogen (secondary N) is 1. The second-order valence-electron chi connectivity index (χ2n) is 6.62. The molecule has 0 radical (unpaired) electrons. The standard InChI is InChI=1S/C23H20N4O2/c28-22(26-29)11-10-17-5-3-7-19(15-17)23-25-20-8-1-2-9-21(20)27(23)14-12-18-6-4-13-24-16-18/h1-11,13,15-16,29H,12,14H2,(H,26,28)/b11-10+. The minimum absolute atomic E-state index is 0.570. The number of aryl methyl sites for hydroxylation is 2. The van der Waals surface area contributed by atoms with Gasteiger partial charge in [-0.05, 0) is 47.9 Å². The smallest absolute Gasteiger partial charge is 0.267 e. The second kappa shape index (κ2) is 8.50. The maximum Gasteiger partial charge on any atom is 0.267 e. The predicted octanol–water partition coefficient (Wildman–Crippen LogP) is 3.86. The van der Waals surface area contributed by atoms with Crippen LogP contribution in [0.3, 0.4) is 0 Å². The van der Waals surface area contributed by atoms with Crippen molar-refractivity contribution in [3.63, 3.8) is 0 Å². The van der Waals surface area contributed by atoms with Crippen LogP contribution in [0, 0.1) is 0 Å². The number of imidazole rings is 1. The van der Waals surface area contributed by atoms with Gasteiger partial charge in [0.1, 0.15) is 5.82 Å². The first-order valence-electron chi connectivity index (χ1n) is 9.31. The van der Waals surface area contributed by atoms with E-state index in [0.717, 1.165) is 41.0 Å². The zero-order valence-electron chi connectivity index (χ0n) is 15.7. The average molecular weight is 384 g/mol. The molecule has 0 aliphatic carbocycles. The number of benzene rings is 2. The number of hydroxylamine groups is 1. The number of fused-ring (bicyclic) bond motifs is 1. The van der Waals surface area contributed by atoms with E-state index in [1.807, 2.05) is 54.7 Å². The number of hydrogen-bond donors (Lipinski definition) is 2. The van der Waals surface area contributed by atoms with Crippen LogP contribution in [0.4, 0.5) is 0 Å². The molecule has 0 saturated heterocycles. The second-order valence-corrected chi connectivity index (χ2v) is 6.62. The summed E-state index contributed by atoms with van der Waals surface area (Å²) in [5.74, 6) is 0.302. The van der Waals surface area contributed by atoms with Gasteiger partial charge in [0.25, 0.3) is 5.91 Å². The van der Waals surface area contributed by atoms with Crippen molar-refractivity contribution in [1.29, 1.82) is 0 Å². The fraction of sp³-hybridized carbons (Fsp3) is 0.0870. The first-order valence-corrected chi connectivity index (χ1v) is 9.31. The first kappa shape index (κ1) is 18.6. The van der Waals surface area contributed by atoms with Crippen LogP contribution in [-0.4, -0.2) is 25.6 Å². The molecule has 2 N–H and O–H groups in total. The summed E-state index contributed by atoms with van der Waals surface area (Å²) in [4.78, 5) is 20.3. The summed E-state index contributed by atoms with van der Waals surface area (Å²) in [6.07, 6.45) is 7.44. The van der Waals surface area contributed by atoms with Crippen LogP contribution in [0.1, 0.15) is 11.1 Å². The minimum atomic E-state index is -0.570. The van der Waals surface area contributed by atoms with Gasteiger partial charge in [-0.15, -0.1) is 0 Å². The number of pyridine rings is 1. The molecule has 0 atom stereocenters. The molecule has 4 aromatic rings. The largest absolute Gasteiger partial charge is 0.324 e. The van der Waals surface area contributed by atoms with Crippen molar-refractivity contribution < 1.29 is 10.0 Å². The predicted molar refractivity (Wildman–Crippen MR) is 112 cm³/mol. The molecule has 0 saturated carbocycles. The molecular weight excluding hydrogens is 364 g/mol. The van der Waals surface area contributed by atoms with E-state index in [1.165, 1.54) is 11.6 Å². The Hall–Kier alpha value is -3.77. The third kappa shape index (κ3) is 4.23. The van der Waals surface area contributed by atoms with Crippen molar-refractivity contribution in [1.82, 2.24) is 20.0 Å². The normalized spacial score (nSPS) is 11.2. The van der Waals surface area contributed by atoms with Gasteiger partial charge in [0.05, 0.1) is 11.0 Å². The van der Waals surface area contributed by atoms with Gasteiger partial charge in [-0.2, -0.15) is 0 Å². The van der Waals surface area contributed by atoms with Crippen LogP contribution >= 0.6 is 0 Å². The summed E-state index contributed by atoms with van der Waals surface area (Å²) in [6, 6.07) is 19.9. The minimum Gasteiger partial charge on any atom is -0.324 e. The number of aromatic nitrogens is 3. The molecular formula is C23H20N4O2. The van der Waals surface area contributed by atoms with Crippen LogP contribution < -0.4 is 5.48 Å². The Morgan fingerprint density at radius 1 is 1.10 bits per heavy atom. The molecule has 29 heavy (non-hydrogen) atoms. The molecule has 6 heteroatoms. The number of hydrogen-bond acceptors (Lipinski definition) is 4. The van der Waals surface area contributed by atoms with Gasteiger partial charge >= 0.3 is 0 Å². The Labute approximate surface area is 168 Å². The molecule has 2 aromatic carbocycles. The molecule has 0 aliphatic rings. The quantitative estimate of drug-likeness (QED) is 0.301. The lowest BCUT2D eigenvalue weighted by atomic mass is 10.1. The molecule has 6 nitrogen and oxygen atoms in total. The molecule has 0 aliphatic heterocycles. The Morgan fingerprint density at radius 3 is 2.83 bits per heavy atom. The Morgan fingerprint density at radius 2 is 2.00 bits per heavy atom. The number of rotatable bonds is 6. The van der Waals surface area contributed by atoms with E-state index in [4.69, 9.17) is 10.2 Å². The van der Waals surface area contributed by atoms with Crippen LogP contribution in [0.5, 0.6) is 0 Å². The van der Waals surface area contributed by atoms with Crippen molar-refractivity contribution in [3.05, 3.63) is 90.3 Å². The molecule has 2 aromatic heterocycles. The lowest BCUT2D eigenvalue weighted by Crippen LogP contribution is -2.14. The lowest BCUT2D eigenvalue weighted by Gasteiger charge is -2.10. The summed E-state index contributed by atoms with van der Waals surface area (Å²) in [7, 11) is 0. The van der Waals surface area contributed by atoms with Crippen molar-refractivity contribution in [2.24, 2.45) is 0 Å². The van der Waals surface area contributed by atoms with Crippen molar-refractivity contribution in [2.75, 3.05) is 0 Å². The average Bonchev–Trinajstić information content (AvgIpc) is 3.15. The summed E-state index contributed by atoms with van der Waals surface area (Å²) < 4.78 is 2.21. The third-order valence-electron chi connectivity index (χ3n) is 4.68. The number of para-hydroxylation sites is 2. The summed E-state index contributed by atoms with van der Waals surface area (Å²) in [5.41, 5.74) is 6.58. The number of nitrogens with zero attached hydrogens (tertiary/aromatic N) is 3. The van der Waals surface area contributed by atoms with Crippen LogP contribution in [0.2, 0.25) is 0 Å². The number of carbonyl (C=O) groups excluding carboxylic acids is 1. The molecule has 4 rings (SSSR count). The van der Waals surface area contributed by atoms with Gasteiger partial charge in [0.15, 0.2) is 0 Å². The maximum absolute atomic E-state index is 11.3. The highest BCUT2D eigenvalue weighted by Crippen LogP contribution is 2.26. The molecule has 0 fully saturated rings. The van der Waals surface area contributed by atoms with Crippen LogP contribution in [0.15, 0.2) is 79.1 Å². The van der Waals surface area contributed by atoms with Gasteiger partial charge in [-0.3, -0.25) is 15.0 Å². The molecule has 2 heterocycles.